The normalized spacial score (nSPS) is 16.6. The van der Waals surface area contributed by atoms with Gasteiger partial charge in [-0.15, -0.1) is 0 Å². The average Bonchev–Trinajstić information content (AvgIpc) is 3.37. The number of hydrogen-bond acceptors (Lipinski definition) is 3. The van der Waals surface area contributed by atoms with Crippen LogP contribution in [-0.2, 0) is 6.54 Å². The zero-order chi connectivity index (χ0) is 20.1. The van der Waals surface area contributed by atoms with E-state index in [2.05, 4.69) is 64.8 Å². The molecule has 0 bridgehead atoms. The first-order chi connectivity index (χ1) is 14.3. The van der Waals surface area contributed by atoms with Crippen molar-refractivity contribution in [2.75, 3.05) is 20.2 Å². The summed E-state index contributed by atoms with van der Waals surface area (Å²) in [6, 6.07) is 19.2. The molecule has 0 aliphatic carbocycles. The van der Waals surface area contributed by atoms with Crippen molar-refractivity contribution in [3.63, 3.8) is 0 Å². The molecule has 3 aromatic rings. The van der Waals surface area contributed by atoms with Crippen LogP contribution in [0.2, 0.25) is 0 Å². The standard InChI is InChI=1S/C25H27N3O/c1-27-16-5-10-23(27)15-17-28-19-26-24(21-8-3-2-4-9-21)25(28)22-13-11-20(12-14-22)7-6-18-29/h2-4,8-9,11-14,19,23,29H,5,10,15-18H2,1H3/t23-/m1/s1. The van der Waals surface area contributed by atoms with Crippen molar-refractivity contribution in [3.8, 4) is 34.4 Å². The third-order valence-electron chi connectivity index (χ3n) is 5.73. The van der Waals surface area contributed by atoms with Gasteiger partial charge in [-0.1, -0.05) is 54.3 Å². The topological polar surface area (TPSA) is 41.3 Å². The first-order valence-electron chi connectivity index (χ1n) is 10.3. The van der Waals surface area contributed by atoms with Crippen LogP contribution in [0.4, 0.5) is 0 Å². The Morgan fingerprint density at radius 2 is 1.86 bits per heavy atom. The molecule has 4 heteroatoms. The molecule has 0 saturated carbocycles. The van der Waals surface area contributed by atoms with E-state index in [1.807, 2.05) is 24.5 Å². The lowest BCUT2D eigenvalue weighted by Gasteiger charge is -2.20. The Balaban J connectivity index is 1.67. The van der Waals surface area contributed by atoms with E-state index in [1.165, 1.54) is 19.4 Å². The Kier molecular flexibility index (Phi) is 6.09. The minimum Gasteiger partial charge on any atom is -0.384 e. The summed E-state index contributed by atoms with van der Waals surface area (Å²) >= 11 is 0. The molecule has 4 nitrogen and oxygen atoms in total. The second kappa shape index (κ2) is 9.09. The van der Waals surface area contributed by atoms with Gasteiger partial charge in [-0.3, -0.25) is 0 Å². The molecule has 0 radical (unpaired) electrons. The molecular formula is C25H27N3O. The number of likely N-dealkylation sites (tertiary alicyclic amines) is 1. The predicted octanol–water partition coefficient (Wildman–Crippen LogP) is 4.05. The van der Waals surface area contributed by atoms with E-state index in [0.717, 1.165) is 41.0 Å². The number of imidazole rings is 1. The highest BCUT2D eigenvalue weighted by Crippen LogP contribution is 2.32. The molecule has 0 amide bonds. The predicted molar refractivity (Wildman–Crippen MR) is 117 cm³/mol. The number of aryl methyl sites for hydroxylation is 1. The third-order valence-corrected chi connectivity index (χ3v) is 5.73. The molecule has 0 spiro atoms. The minimum atomic E-state index is -0.123. The highest BCUT2D eigenvalue weighted by atomic mass is 16.2. The maximum atomic E-state index is 8.91. The molecule has 0 unspecified atom stereocenters. The van der Waals surface area contributed by atoms with E-state index in [9.17, 15) is 0 Å². The molecule has 4 rings (SSSR count). The van der Waals surface area contributed by atoms with Gasteiger partial charge in [0.2, 0.25) is 0 Å². The fourth-order valence-corrected chi connectivity index (χ4v) is 4.15. The Morgan fingerprint density at radius 1 is 1.07 bits per heavy atom. The maximum Gasteiger partial charge on any atom is 0.104 e. The summed E-state index contributed by atoms with van der Waals surface area (Å²) in [5.41, 5.74) is 5.33. The summed E-state index contributed by atoms with van der Waals surface area (Å²) < 4.78 is 2.29. The van der Waals surface area contributed by atoms with E-state index >= 15 is 0 Å². The van der Waals surface area contributed by atoms with E-state index in [-0.39, 0.29) is 6.61 Å². The number of benzene rings is 2. The van der Waals surface area contributed by atoms with Crippen molar-refractivity contribution in [3.05, 3.63) is 66.5 Å². The van der Waals surface area contributed by atoms with Crippen LogP contribution in [0.25, 0.3) is 22.5 Å². The average molecular weight is 386 g/mol. The quantitative estimate of drug-likeness (QED) is 0.674. The van der Waals surface area contributed by atoms with Crippen molar-refractivity contribution >= 4 is 0 Å². The van der Waals surface area contributed by atoms with E-state index in [0.29, 0.717) is 6.04 Å². The van der Waals surface area contributed by atoms with Crippen molar-refractivity contribution in [1.82, 2.24) is 14.5 Å². The van der Waals surface area contributed by atoms with Crippen LogP contribution in [0, 0.1) is 11.8 Å². The summed E-state index contributed by atoms with van der Waals surface area (Å²) in [6.07, 6.45) is 5.69. The van der Waals surface area contributed by atoms with Crippen LogP contribution < -0.4 is 0 Å². The minimum absolute atomic E-state index is 0.123. The Hall–Kier alpha value is -2.87. The van der Waals surface area contributed by atoms with Crippen molar-refractivity contribution < 1.29 is 5.11 Å². The van der Waals surface area contributed by atoms with Gasteiger partial charge in [0, 0.05) is 29.3 Å². The summed E-state index contributed by atoms with van der Waals surface area (Å²) in [6.45, 7) is 2.03. The van der Waals surface area contributed by atoms with Gasteiger partial charge in [0.05, 0.1) is 17.7 Å². The molecule has 1 saturated heterocycles. The van der Waals surface area contributed by atoms with Crippen LogP contribution in [0.1, 0.15) is 24.8 Å². The highest BCUT2D eigenvalue weighted by Gasteiger charge is 2.22. The van der Waals surface area contributed by atoms with Crippen molar-refractivity contribution in [1.29, 1.82) is 0 Å². The van der Waals surface area contributed by atoms with Crippen LogP contribution in [-0.4, -0.2) is 45.8 Å². The van der Waals surface area contributed by atoms with Crippen LogP contribution >= 0.6 is 0 Å². The summed E-state index contributed by atoms with van der Waals surface area (Å²) in [5.74, 6) is 5.67. The van der Waals surface area contributed by atoms with E-state index in [1.54, 1.807) is 0 Å². The zero-order valence-electron chi connectivity index (χ0n) is 16.9. The Morgan fingerprint density at radius 3 is 2.55 bits per heavy atom. The number of aliphatic hydroxyl groups excluding tert-OH is 1. The number of nitrogens with zero attached hydrogens (tertiary/aromatic N) is 3. The lowest BCUT2D eigenvalue weighted by molar-refractivity contribution is 0.286. The molecule has 148 valence electrons. The van der Waals surface area contributed by atoms with Crippen molar-refractivity contribution in [2.45, 2.75) is 31.8 Å². The lowest BCUT2D eigenvalue weighted by atomic mass is 10.0. The molecule has 1 aliphatic rings. The molecule has 1 aliphatic heterocycles. The summed E-state index contributed by atoms with van der Waals surface area (Å²) in [4.78, 5) is 7.26. The van der Waals surface area contributed by atoms with Crippen LogP contribution in [0.3, 0.4) is 0 Å². The van der Waals surface area contributed by atoms with Gasteiger partial charge >= 0.3 is 0 Å². The highest BCUT2D eigenvalue weighted by molar-refractivity contribution is 5.78. The monoisotopic (exact) mass is 385 g/mol. The third kappa shape index (κ3) is 4.42. The molecule has 29 heavy (non-hydrogen) atoms. The van der Waals surface area contributed by atoms with Gasteiger partial charge in [-0.25, -0.2) is 4.98 Å². The van der Waals surface area contributed by atoms with Crippen molar-refractivity contribution in [2.24, 2.45) is 0 Å². The lowest BCUT2D eigenvalue weighted by Crippen LogP contribution is -2.26. The smallest absolute Gasteiger partial charge is 0.104 e. The van der Waals surface area contributed by atoms with Crippen LogP contribution in [0.15, 0.2) is 60.9 Å². The molecule has 1 fully saturated rings. The SMILES string of the molecule is CN1CCC[C@@H]1CCn1cnc(-c2ccccc2)c1-c1ccc(C#CCO)cc1. The summed E-state index contributed by atoms with van der Waals surface area (Å²) in [5, 5.41) is 8.91. The fraction of sp³-hybridized carbons (Fsp3) is 0.320. The number of rotatable bonds is 5. The van der Waals surface area contributed by atoms with Gasteiger partial charge in [-0.2, -0.15) is 0 Å². The first-order valence-corrected chi connectivity index (χ1v) is 10.3. The molecule has 1 aromatic heterocycles. The second-order valence-electron chi connectivity index (χ2n) is 7.60. The fourth-order valence-electron chi connectivity index (χ4n) is 4.15. The number of aliphatic hydroxyl groups is 1. The Bertz CT molecular complexity index is 996. The second-order valence-corrected chi connectivity index (χ2v) is 7.60. The Labute approximate surface area is 172 Å². The molecule has 1 atom stereocenters. The maximum absolute atomic E-state index is 8.91. The first kappa shape index (κ1) is 19.4. The van der Waals surface area contributed by atoms with Gasteiger partial charge in [0.1, 0.15) is 6.61 Å². The molecule has 1 N–H and O–H groups in total. The summed E-state index contributed by atoms with van der Waals surface area (Å²) in [7, 11) is 2.23. The van der Waals surface area contributed by atoms with E-state index < -0.39 is 0 Å². The van der Waals surface area contributed by atoms with Crippen LogP contribution in [0.5, 0.6) is 0 Å². The van der Waals surface area contributed by atoms with Gasteiger partial charge < -0.3 is 14.6 Å². The number of aromatic nitrogens is 2. The molecular weight excluding hydrogens is 358 g/mol. The molecule has 2 heterocycles. The zero-order valence-corrected chi connectivity index (χ0v) is 16.9. The van der Waals surface area contributed by atoms with Gasteiger partial charge in [0.25, 0.3) is 0 Å². The van der Waals surface area contributed by atoms with Gasteiger partial charge in [-0.05, 0) is 45.0 Å². The largest absolute Gasteiger partial charge is 0.384 e. The van der Waals surface area contributed by atoms with E-state index in [4.69, 9.17) is 10.1 Å². The molecule has 2 aromatic carbocycles. The van der Waals surface area contributed by atoms with Gasteiger partial charge in [0.15, 0.2) is 0 Å². The number of hydrogen-bond donors (Lipinski definition) is 1.